The number of benzene rings is 1. The molecule has 1 heterocycles. The van der Waals surface area contributed by atoms with Gasteiger partial charge in [0.2, 0.25) is 0 Å². The summed E-state index contributed by atoms with van der Waals surface area (Å²) >= 11 is 0. The highest BCUT2D eigenvalue weighted by atomic mass is 16.3. The number of hydrogen-bond donors (Lipinski definition) is 2. The van der Waals surface area contributed by atoms with Crippen LogP contribution in [-0.2, 0) is 0 Å². The van der Waals surface area contributed by atoms with Crippen molar-refractivity contribution in [2.75, 3.05) is 0 Å². The van der Waals surface area contributed by atoms with Gasteiger partial charge in [-0.3, -0.25) is 5.84 Å². The van der Waals surface area contributed by atoms with E-state index in [4.69, 9.17) is 10.3 Å². The summed E-state index contributed by atoms with van der Waals surface area (Å²) in [5, 5.41) is 1.17. The van der Waals surface area contributed by atoms with Crippen molar-refractivity contribution in [3.05, 3.63) is 35.6 Å². The van der Waals surface area contributed by atoms with Crippen molar-refractivity contribution >= 4 is 11.0 Å². The average Bonchev–Trinajstić information content (AvgIpc) is 2.91. The highest BCUT2D eigenvalue weighted by molar-refractivity contribution is 5.78. The highest BCUT2D eigenvalue weighted by Crippen LogP contribution is 2.39. The highest BCUT2D eigenvalue weighted by Gasteiger charge is 2.29. The molecular weight excluding hydrogens is 260 g/mol. The SMILES string of the molecule is CCC1CCC(C(NN)c2cc3cc(C)ccc3o2)CC1. The number of nitrogens with one attached hydrogen (secondary N) is 1. The minimum Gasteiger partial charge on any atom is -0.459 e. The van der Waals surface area contributed by atoms with Gasteiger partial charge in [0.05, 0.1) is 6.04 Å². The number of hydrazine groups is 1. The fraction of sp³-hybridized carbons (Fsp3) is 0.556. The van der Waals surface area contributed by atoms with Crippen LogP contribution in [0.3, 0.4) is 0 Å². The number of nitrogens with two attached hydrogens (primary N) is 1. The van der Waals surface area contributed by atoms with Gasteiger partial charge < -0.3 is 4.42 Å². The summed E-state index contributed by atoms with van der Waals surface area (Å²) in [7, 11) is 0. The normalized spacial score (nSPS) is 24.3. The van der Waals surface area contributed by atoms with Crippen LogP contribution < -0.4 is 11.3 Å². The lowest BCUT2D eigenvalue weighted by molar-refractivity contribution is 0.205. The lowest BCUT2D eigenvalue weighted by Crippen LogP contribution is -2.35. The van der Waals surface area contributed by atoms with Crippen LogP contribution in [-0.4, -0.2) is 0 Å². The molecule has 1 atom stereocenters. The van der Waals surface area contributed by atoms with E-state index in [1.165, 1.54) is 43.1 Å². The second kappa shape index (κ2) is 6.20. The molecule has 1 aromatic carbocycles. The minimum absolute atomic E-state index is 0.135. The van der Waals surface area contributed by atoms with Crippen molar-refractivity contribution < 1.29 is 4.42 Å². The Morgan fingerprint density at radius 2 is 2.00 bits per heavy atom. The molecule has 3 heteroatoms. The first kappa shape index (κ1) is 14.6. The second-order valence-corrected chi connectivity index (χ2v) is 6.52. The van der Waals surface area contributed by atoms with E-state index in [0.29, 0.717) is 5.92 Å². The van der Waals surface area contributed by atoms with Crippen LogP contribution in [0.1, 0.15) is 56.4 Å². The van der Waals surface area contributed by atoms with E-state index in [9.17, 15) is 0 Å². The third kappa shape index (κ3) is 2.99. The van der Waals surface area contributed by atoms with Crippen LogP contribution in [0.5, 0.6) is 0 Å². The molecule has 0 saturated heterocycles. The number of aryl methyl sites for hydroxylation is 1. The fourth-order valence-corrected chi connectivity index (χ4v) is 3.72. The van der Waals surface area contributed by atoms with Crippen LogP contribution in [0, 0.1) is 18.8 Å². The topological polar surface area (TPSA) is 51.2 Å². The smallest absolute Gasteiger partial charge is 0.134 e. The summed E-state index contributed by atoms with van der Waals surface area (Å²) in [4.78, 5) is 0. The molecule has 0 aliphatic heterocycles. The standard InChI is InChI=1S/C18H26N2O/c1-3-13-5-7-14(8-6-13)18(20-19)17-11-15-10-12(2)4-9-16(15)21-17/h4,9-11,13-14,18,20H,3,5-8,19H2,1-2H3. The van der Waals surface area contributed by atoms with Gasteiger partial charge in [0.25, 0.3) is 0 Å². The van der Waals surface area contributed by atoms with Crippen molar-refractivity contribution in [2.45, 2.75) is 52.0 Å². The van der Waals surface area contributed by atoms with Crippen LogP contribution >= 0.6 is 0 Å². The van der Waals surface area contributed by atoms with Crippen molar-refractivity contribution in [2.24, 2.45) is 17.7 Å². The van der Waals surface area contributed by atoms with Crippen LogP contribution in [0.15, 0.2) is 28.7 Å². The average molecular weight is 286 g/mol. The van der Waals surface area contributed by atoms with E-state index in [1.54, 1.807) is 0 Å². The quantitative estimate of drug-likeness (QED) is 0.644. The molecule has 1 aliphatic rings. The predicted molar refractivity (Wildman–Crippen MR) is 86.8 cm³/mol. The van der Waals surface area contributed by atoms with Crippen LogP contribution in [0.25, 0.3) is 11.0 Å². The number of furan rings is 1. The monoisotopic (exact) mass is 286 g/mol. The lowest BCUT2D eigenvalue weighted by Gasteiger charge is -2.32. The molecule has 1 unspecified atom stereocenters. The summed E-state index contributed by atoms with van der Waals surface area (Å²) in [6.07, 6.45) is 6.42. The summed E-state index contributed by atoms with van der Waals surface area (Å²) in [5.41, 5.74) is 5.22. The summed E-state index contributed by atoms with van der Waals surface area (Å²) in [6, 6.07) is 8.60. The van der Waals surface area contributed by atoms with Gasteiger partial charge in [0.1, 0.15) is 11.3 Å². The molecule has 1 fully saturated rings. The van der Waals surface area contributed by atoms with E-state index < -0.39 is 0 Å². The molecule has 114 valence electrons. The van der Waals surface area contributed by atoms with E-state index in [2.05, 4.69) is 43.5 Å². The zero-order valence-electron chi connectivity index (χ0n) is 13.1. The first-order chi connectivity index (χ1) is 10.2. The molecule has 3 nitrogen and oxygen atoms in total. The zero-order valence-corrected chi connectivity index (χ0v) is 13.1. The first-order valence-electron chi connectivity index (χ1n) is 8.17. The third-order valence-corrected chi connectivity index (χ3v) is 5.12. The fourth-order valence-electron chi connectivity index (χ4n) is 3.72. The zero-order chi connectivity index (χ0) is 14.8. The Kier molecular flexibility index (Phi) is 4.32. The number of fused-ring (bicyclic) bond motifs is 1. The van der Waals surface area contributed by atoms with Gasteiger partial charge in [-0.2, -0.15) is 0 Å². The molecule has 3 rings (SSSR count). The number of hydrogen-bond acceptors (Lipinski definition) is 3. The van der Waals surface area contributed by atoms with Gasteiger partial charge >= 0.3 is 0 Å². The lowest BCUT2D eigenvalue weighted by atomic mass is 9.77. The van der Waals surface area contributed by atoms with Gasteiger partial charge in [-0.05, 0) is 49.8 Å². The van der Waals surface area contributed by atoms with E-state index >= 15 is 0 Å². The maximum atomic E-state index is 6.04. The van der Waals surface area contributed by atoms with Gasteiger partial charge in [-0.1, -0.05) is 37.8 Å². The molecule has 2 aromatic rings. The molecule has 0 amide bonds. The van der Waals surface area contributed by atoms with Crippen molar-refractivity contribution in [3.8, 4) is 0 Å². The Morgan fingerprint density at radius 1 is 1.24 bits per heavy atom. The first-order valence-corrected chi connectivity index (χ1v) is 8.17. The maximum Gasteiger partial charge on any atom is 0.134 e. The van der Waals surface area contributed by atoms with Gasteiger partial charge in [-0.25, -0.2) is 5.43 Å². The van der Waals surface area contributed by atoms with Gasteiger partial charge in [0.15, 0.2) is 0 Å². The molecule has 0 bridgehead atoms. The molecule has 1 aromatic heterocycles. The molecule has 0 radical (unpaired) electrons. The molecule has 1 aliphatic carbocycles. The Morgan fingerprint density at radius 3 is 2.67 bits per heavy atom. The molecule has 0 spiro atoms. The van der Waals surface area contributed by atoms with E-state index in [1.807, 2.05) is 0 Å². The van der Waals surface area contributed by atoms with Crippen LogP contribution in [0.2, 0.25) is 0 Å². The third-order valence-electron chi connectivity index (χ3n) is 5.12. The Labute approximate surface area is 126 Å². The predicted octanol–water partition coefficient (Wildman–Crippen LogP) is 4.46. The second-order valence-electron chi connectivity index (χ2n) is 6.52. The molecule has 21 heavy (non-hydrogen) atoms. The van der Waals surface area contributed by atoms with E-state index in [0.717, 1.165) is 17.3 Å². The molecule has 1 saturated carbocycles. The van der Waals surface area contributed by atoms with Crippen molar-refractivity contribution in [3.63, 3.8) is 0 Å². The summed E-state index contributed by atoms with van der Waals surface area (Å²) in [6.45, 7) is 4.40. The Hall–Kier alpha value is -1.32. The summed E-state index contributed by atoms with van der Waals surface area (Å²) in [5.74, 6) is 8.31. The maximum absolute atomic E-state index is 6.04. The Bertz CT molecular complexity index is 596. The van der Waals surface area contributed by atoms with Gasteiger partial charge in [-0.15, -0.1) is 0 Å². The Balaban J connectivity index is 1.81. The van der Waals surface area contributed by atoms with E-state index in [-0.39, 0.29) is 6.04 Å². The van der Waals surface area contributed by atoms with Crippen molar-refractivity contribution in [1.82, 2.24) is 5.43 Å². The van der Waals surface area contributed by atoms with Gasteiger partial charge in [0, 0.05) is 5.39 Å². The number of rotatable bonds is 4. The molecular formula is C18H26N2O. The minimum atomic E-state index is 0.135. The van der Waals surface area contributed by atoms with Crippen molar-refractivity contribution in [1.29, 1.82) is 0 Å². The largest absolute Gasteiger partial charge is 0.459 e. The summed E-state index contributed by atoms with van der Waals surface area (Å²) < 4.78 is 6.04. The van der Waals surface area contributed by atoms with Crippen LogP contribution in [0.4, 0.5) is 0 Å². The molecule has 3 N–H and O–H groups in total.